The Kier molecular flexibility index (Phi) is 22.3. The van der Waals surface area contributed by atoms with Gasteiger partial charge in [0, 0.05) is 5.75 Å². The molecule has 0 aromatic heterocycles. The SMILES string of the molecule is CCCC(O)CCCCCCCCCCCCCCS(=O)(=O)[O-].[K+]. The van der Waals surface area contributed by atoms with Gasteiger partial charge in [0.05, 0.1) is 16.2 Å². The van der Waals surface area contributed by atoms with Crippen LogP contribution in [0.2, 0.25) is 0 Å². The first-order valence-electron chi connectivity index (χ1n) is 9.57. The molecule has 6 heteroatoms. The summed E-state index contributed by atoms with van der Waals surface area (Å²) >= 11 is 0. The number of aliphatic hydroxyl groups is 1. The maximum absolute atomic E-state index is 10.4. The molecule has 0 heterocycles. The smallest absolute Gasteiger partial charge is 0.748 e. The van der Waals surface area contributed by atoms with Gasteiger partial charge < -0.3 is 9.66 Å². The van der Waals surface area contributed by atoms with Crippen LogP contribution in [0.5, 0.6) is 0 Å². The first kappa shape index (κ1) is 27.7. The van der Waals surface area contributed by atoms with Crippen molar-refractivity contribution in [2.75, 3.05) is 5.75 Å². The Hall–Kier alpha value is 1.51. The van der Waals surface area contributed by atoms with E-state index in [2.05, 4.69) is 6.92 Å². The number of unbranched alkanes of at least 4 members (excludes halogenated alkanes) is 11. The summed E-state index contributed by atoms with van der Waals surface area (Å²) in [6.45, 7) is 2.11. The second kappa shape index (κ2) is 19.3. The Labute approximate surface area is 192 Å². The van der Waals surface area contributed by atoms with Gasteiger partial charge in [0.15, 0.2) is 0 Å². The van der Waals surface area contributed by atoms with Crippen LogP contribution >= 0.6 is 0 Å². The monoisotopic (exact) mass is 388 g/mol. The van der Waals surface area contributed by atoms with Gasteiger partial charge in [0.1, 0.15) is 0 Å². The summed E-state index contributed by atoms with van der Waals surface area (Å²) in [5, 5.41) is 9.62. The zero-order valence-corrected chi connectivity index (χ0v) is 19.9. The maximum atomic E-state index is 10.4. The van der Waals surface area contributed by atoms with Crippen molar-refractivity contribution in [1.82, 2.24) is 0 Å². The summed E-state index contributed by atoms with van der Waals surface area (Å²) in [5.41, 5.74) is 0. The summed E-state index contributed by atoms with van der Waals surface area (Å²) in [6, 6.07) is 0. The number of hydrogen-bond donors (Lipinski definition) is 1. The zero-order chi connectivity index (χ0) is 17.4. The van der Waals surface area contributed by atoms with Crippen LogP contribution < -0.4 is 51.4 Å². The average Bonchev–Trinajstić information content (AvgIpc) is 2.46. The van der Waals surface area contributed by atoms with Crippen LogP contribution in [-0.4, -0.2) is 29.9 Å². The minimum atomic E-state index is -4.01. The molecule has 0 amide bonds. The largest absolute Gasteiger partial charge is 1.00 e. The minimum absolute atomic E-state index is 0. The van der Waals surface area contributed by atoms with Crippen molar-refractivity contribution in [3.8, 4) is 0 Å². The third-order valence-corrected chi connectivity index (χ3v) is 5.09. The number of aliphatic hydroxyl groups excluding tert-OH is 1. The molecule has 0 aliphatic heterocycles. The van der Waals surface area contributed by atoms with Crippen molar-refractivity contribution in [2.45, 2.75) is 109 Å². The summed E-state index contributed by atoms with van der Waals surface area (Å²) in [4.78, 5) is 0. The van der Waals surface area contributed by atoms with Crippen LogP contribution in [0.3, 0.4) is 0 Å². The first-order chi connectivity index (χ1) is 11.0. The van der Waals surface area contributed by atoms with Gasteiger partial charge in [-0.2, -0.15) is 0 Å². The Morgan fingerprint density at radius 2 is 1.12 bits per heavy atom. The summed E-state index contributed by atoms with van der Waals surface area (Å²) in [7, 11) is -4.01. The van der Waals surface area contributed by atoms with Crippen LogP contribution in [0.4, 0.5) is 0 Å². The van der Waals surface area contributed by atoms with Crippen molar-refractivity contribution in [2.24, 2.45) is 0 Å². The Morgan fingerprint density at radius 1 is 0.750 bits per heavy atom. The van der Waals surface area contributed by atoms with Gasteiger partial charge in [-0.1, -0.05) is 84.0 Å². The molecule has 4 nitrogen and oxygen atoms in total. The standard InChI is InChI=1S/C18H38O4S.K/c1-2-15-18(19)16-13-11-9-7-5-3-4-6-8-10-12-14-17-23(20,21)22;/h18-19H,2-17H2,1H3,(H,20,21,22);/q;+1/p-1. The van der Waals surface area contributed by atoms with Crippen molar-refractivity contribution >= 4 is 10.1 Å². The van der Waals surface area contributed by atoms with Crippen LogP contribution in [-0.2, 0) is 10.1 Å². The molecule has 0 saturated carbocycles. The van der Waals surface area contributed by atoms with Crippen LogP contribution in [0.1, 0.15) is 103 Å². The molecule has 1 atom stereocenters. The molecule has 1 N–H and O–H groups in total. The van der Waals surface area contributed by atoms with Crippen molar-refractivity contribution in [3.63, 3.8) is 0 Å². The molecule has 0 bridgehead atoms. The Morgan fingerprint density at radius 3 is 1.50 bits per heavy atom. The summed E-state index contributed by atoms with van der Waals surface area (Å²) in [6.07, 6.45) is 16.5. The fourth-order valence-electron chi connectivity index (χ4n) is 2.90. The number of hydrogen-bond acceptors (Lipinski definition) is 4. The maximum Gasteiger partial charge on any atom is 1.00 e. The van der Waals surface area contributed by atoms with Crippen LogP contribution in [0.15, 0.2) is 0 Å². The zero-order valence-electron chi connectivity index (χ0n) is 16.0. The van der Waals surface area contributed by atoms with E-state index in [0.29, 0.717) is 6.42 Å². The third kappa shape index (κ3) is 23.5. The molecule has 0 aliphatic rings. The molecule has 0 aliphatic carbocycles. The Bertz CT molecular complexity index is 347. The van der Waals surface area contributed by atoms with Gasteiger partial charge in [-0.15, -0.1) is 0 Å². The molecule has 0 fully saturated rings. The van der Waals surface area contributed by atoms with Crippen molar-refractivity contribution < 1.29 is 69.5 Å². The van der Waals surface area contributed by atoms with E-state index in [4.69, 9.17) is 0 Å². The molecule has 0 aromatic carbocycles. The van der Waals surface area contributed by atoms with E-state index in [1.54, 1.807) is 0 Å². The number of rotatable bonds is 17. The van der Waals surface area contributed by atoms with Crippen LogP contribution in [0.25, 0.3) is 0 Å². The molecule has 0 aromatic rings. The van der Waals surface area contributed by atoms with Gasteiger partial charge in [0.25, 0.3) is 0 Å². The summed E-state index contributed by atoms with van der Waals surface area (Å²) < 4.78 is 31.3. The molecule has 0 rings (SSSR count). The van der Waals surface area contributed by atoms with E-state index in [0.717, 1.165) is 44.9 Å². The van der Waals surface area contributed by atoms with Gasteiger partial charge >= 0.3 is 51.4 Å². The average molecular weight is 389 g/mol. The van der Waals surface area contributed by atoms with Gasteiger partial charge in [0.2, 0.25) is 0 Å². The Balaban J connectivity index is 0. The predicted octanol–water partition coefficient (Wildman–Crippen LogP) is 1.77. The molecule has 24 heavy (non-hydrogen) atoms. The van der Waals surface area contributed by atoms with E-state index in [-0.39, 0.29) is 63.2 Å². The molecule has 0 saturated heterocycles. The molecule has 0 radical (unpaired) electrons. The van der Waals surface area contributed by atoms with E-state index < -0.39 is 10.1 Å². The fraction of sp³-hybridized carbons (Fsp3) is 1.00. The molecule has 1 unspecified atom stereocenters. The first-order valence-corrected chi connectivity index (χ1v) is 11.1. The van der Waals surface area contributed by atoms with E-state index >= 15 is 0 Å². The minimum Gasteiger partial charge on any atom is -0.748 e. The quantitative estimate of drug-likeness (QED) is 0.234. The van der Waals surface area contributed by atoms with Crippen molar-refractivity contribution in [1.29, 1.82) is 0 Å². The third-order valence-electron chi connectivity index (χ3n) is 4.30. The van der Waals surface area contributed by atoms with Gasteiger partial charge in [-0.05, 0) is 19.3 Å². The molecule has 140 valence electrons. The van der Waals surface area contributed by atoms with E-state index in [9.17, 15) is 18.1 Å². The van der Waals surface area contributed by atoms with Gasteiger partial charge in [-0.3, -0.25) is 0 Å². The van der Waals surface area contributed by atoms with Crippen LogP contribution in [0, 0.1) is 0 Å². The van der Waals surface area contributed by atoms with Crippen molar-refractivity contribution in [3.05, 3.63) is 0 Å². The second-order valence-electron chi connectivity index (χ2n) is 6.74. The molecular formula is C18H37KO4S. The van der Waals surface area contributed by atoms with E-state index in [1.165, 1.54) is 44.9 Å². The van der Waals surface area contributed by atoms with Gasteiger partial charge in [-0.25, -0.2) is 8.42 Å². The molecule has 0 spiro atoms. The normalized spacial score (nSPS) is 12.8. The predicted molar refractivity (Wildman–Crippen MR) is 95.5 cm³/mol. The topological polar surface area (TPSA) is 77.4 Å². The second-order valence-corrected chi connectivity index (χ2v) is 8.26. The fourth-order valence-corrected chi connectivity index (χ4v) is 3.46. The van der Waals surface area contributed by atoms with E-state index in [1.807, 2.05) is 0 Å². The molecular weight excluding hydrogens is 351 g/mol. The summed E-state index contributed by atoms with van der Waals surface area (Å²) in [5.74, 6) is -0.206.